The minimum Gasteiger partial charge on any atom is -0.493 e. The lowest BCUT2D eigenvalue weighted by molar-refractivity contribution is -0.140. The van der Waals surface area contributed by atoms with Gasteiger partial charge in [-0.05, 0) is 42.2 Å². The second-order valence-electron chi connectivity index (χ2n) is 6.79. The first-order valence-corrected chi connectivity index (χ1v) is 9.31. The van der Waals surface area contributed by atoms with Gasteiger partial charge in [-0.2, -0.15) is 0 Å². The zero-order valence-corrected chi connectivity index (χ0v) is 16.3. The van der Waals surface area contributed by atoms with Crippen LogP contribution in [0.4, 0.5) is 0 Å². The number of carbonyl (C=O) groups excluding carboxylic acids is 1. The van der Waals surface area contributed by atoms with Crippen LogP contribution in [0.3, 0.4) is 0 Å². The molecule has 0 saturated heterocycles. The summed E-state index contributed by atoms with van der Waals surface area (Å²) in [6.45, 7) is 0.680. The van der Waals surface area contributed by atoms with E-state index in [9.17, 15) is 4.79 Å². The highest BCUT2D eigenvalue weighted by Crippen LogP contribution is 2.29. The lowest BCUT2D eigenvalue weighted by atomic mass is 9.99. The zero-order chi connectivity index (χ0) is 19.9. The van der Waals surface area contributed by atoms with Gasteiger partial charge in [0.25, 0.3) is 0 Å². The van der Waals surface area contributed by atoms with Crippen molar-refractivity contribution in [2.24, 2.45) is 0 Å². The van der Waals surface area contributed by atoms with Crippen LogP contribution in [0.15, 0.2) is 60.7 Å². The molecule has 147 valence electrons. The van der Waals surface area contributed by atoms with Crippen LogP contribution in [-0.4, -0.2) is 37.2 Å². The van der Waals surface area contributed by atoms with E-state index in [1.165, 1.54) is 11.6 Å². The molecule has 1 aliphatic rings. The van der Waals surface area contributed by atoms with E-state index in [2.05, 4.69) is 19.2 Å². The number of rotatable bonds is 9. The molecule has 28 heavy (non-hydrogen) atoms. The molecule has 0 bridgehead atoms. The number of ether oxygens (including phenoxy) is 3. The van der Waals surface area contributed by atoms with E-state index in [1.54, 1.807) is 14.2 Å². The first-order valence-electron chi connectivity index (χ1n) is 9.31. The van der Waals surface area contributed by atoms with E-state index in [1.807, 2.05) is 47.4 Å². The van der Waals surface area contributed by atoms with Gasteiger partial charge in [-0.25, -0.2) is 4.79 Å². The Labute approximate surface area is 166 Å². The van der Waals surface area contributed by atoms with Crippen molar-refractivity contribution in [1.29, 1.82) is 0 Å². The van der Waals surface area contributed by atoms with Gasteiger partial charge < -0.3 is 14.2 Å². The Hall–Kier alpha value is -2.79. The van der Waals surface area contributed by atoms with Gasteiger partial charge in [0.15, 0.2) is 11.5 Å². The topological polar surface area (TPSA) is 48.0 Å². The van der Waals surface area contributed by atoms with Gasteiger partial charge in [0, 0.05) is 19.7 Å². The summed E-state index contributed by atoms with van der Waals surface area (Å²) in [6.07, 6.45) is 4.60. The monoisotopic (exact) mass is 380 g/mol. The quantitative estimate of drug-likeness (QED) is 0.620. The standard InChI is InChI=1S/C23H26NO4/c1-24(16-18-7-5-4-6-8-18)19(20-13-14-23(25)28-20)11-9-17-10-12-21(26-2)22(15-17)27-3/h4-8,10,12-15,19-20H,1,9,11,16H2,2-3H3/t19-,20-/m1/s1. The lowest BCUT2D eigenvalue weighted by Crippen LogP contribution is -2.40. The van der Waals surface area contributed by atoms with Crippen LogP contribution >= 0.6 is 0 Å². The molecular formula is C23H26NO4. The van der Waals surface area contributed by atoms with E-state index in [0.717, 1.165) is 18.4 Å². The lowest BCUT2D eigenvalue weighted by Gasteiger charge is -2.31. The fourth-order valence-corrected chi connectivity index (χ4v) is 3.43. The maximum Gasteiger partial charge on any atom is 0.331 e. The number of methoxy groups -OCH3 is 2. The summed E-state index contributed by atoms with van der Waals surface area (Å²) in [7, 11) is 7.49. The highest BCUT2D eigenvalue weighted by atomic mass is 16.5. The second-order valence-corrected chi connectivity index (χ2v) is 6.79. The van der Waals surface area contributed by atoms with E-state index in [4.69, 9.17) is 14.2 Å². The van der Waals surface area contributed by atoms with Crippen molar-refractivity contribution in [3.63, 3.8) is 0 Å². The number of aryl methyl sites for hydroxylation is 1. The molecule has 0 N–H and O–H groups in total. The van der Waals surface area contributed by atoms with Crippen LogP contribution < -0.4 is 9.47 Å². The largest absolute Gasteiger partial charge is 0.493 e. The smallest absolute Gasteiger partial charge is 0.331 e. The molecule has 2 atom stereocenters. The maximum absolute atomic E-state index is 11.6. The minimum absolute atomic E-state index is 0.0315. The number of nitrogens with zero attached hydrogens (tertiary/aromatic N) is 1. The average Bonchev–Trinajstić information content (AvgIpc) is 3.14. The van der Waals surface area contributed by atoms with Gasteiger partial charge in [0.1, 0.15) is 6.10 Å². The first-order chi connectivity index (χ1) is 13.6. The SMILES string of the molecule is [CH2]N(Cc1ccccc1)[C@H](CCc1ccc(OC)c(OC)c1)[C@H]1C=CC(=O)O1. The third-order valence-electron chi connectivity index (χ3n) is 4.93. The molecule has 1 aliphatic heterocycles. The molecule has 1 radical (unpaired) electrons. The van der Waals surface area contributed by atoms with Gasteiger partial charge in [-0.3, -0.25) is 4.90 Å². The van der Waals surface area contributed by atoms with Crippen molar-refractivity contribution in [2.75, 3.05) is 14.2 Å². The maximum atomic E-state index is 11.6. The highest BCUT2D eigenvalue weighted by molar-refractivity contribution is 5.84. The van der Waals surface area contributed by atoms with E-state index >= 15 is 0 Å². The van der Waals surface area contributed by atoms with Crippen LogP contribution in [-0.2, 0) is 22.5 Å². The molecule has 5 heteroatoms. The number of carbonyl (C=O) groups is 1. The molecule has 3 rings (SSSR count). The fourth-order valence-electron chi connectivity index (χ4n) is 3.43. The molecule has 0 spiro atoms. The van der Waals surface area contributed by atoms with Crippen LogP contribution in [0, 0.1) is 7.05 Å². The van der Waals surface area contributed by atoms with E-state index in [-0.39, 0.29) is 18.1 Å². The second kappa shape index (κ2) is 9.42. The molecule has 0 unspecified atom stereocenters. The number of benzene rings is 2. The van der Waals surface area contributed by atoms with Crippen molar-refractivity contribution in [2.45, 2.75) is 31.5 Å². The van der Waals surface area contributed by atoms with Crippen LogP contribution in [0.1, 0.15) is 17.5 Å². The minimum atomic E-state index is -0.297. The third kappa shape index (κ3) is 4.93. The molecule has 0 saturated carbocycles. The molecule has 2 aromatic carbocycles. The summed E-state index contributed by atoms with van der Waals surface area (Å²) in [5, 5.41) is 0. The predicted octanol–water partition coefficient (Wildman–Crippen LogP) is 3.78. The molecule has 5 nitrogen and oxygen atoms in total. The highest BCUT2D eigenvalue weighted by Gasteiger charge is 2.29. The van der Waals surface area contributed by atoms with E-state index < -0.39 is 0 Å². The summed E-state index contributed by atoms with van der Waals surface area (Å²) in [5.41, 5.74) is 2.30. The molecule has 0 aliphatic carbocycles. The first kappa shape index (κ1) is 20.0. The number of hydrogen-bond acceptors (Lipinski definition) is 5. The summed E-state index contributed by atoms with van der Waals surface area (Å²) in [5.74, 6) is 1.12. The predicted molar refractivity (Wildman–Crippen MR) is 108 cm³/mol. The Morgan fingerprint density at radius 3 is 2.46 bits per heavy atom. The Morgan fingerprint density at radius 2 is 1.82 bits per heavy atom. The van der Waals surface area contributed by atoms with Gasteiger partial charge in [0.05, 0.1) is 20.3 Å². The summed E-state index contributed by atoms with van der Waals surface area (Å²) in [6, 6.07) is 16.0. The third-order valence-corrected chi connectivity index (χ3v) is 4.93. The van der Waals surface area contributed by atoms with Crippen molar-refractivity contribution >= 4 is 5.97 Å². The summed E-state index contributed by atoms with van der Waals surface area (Å²) < 4.78 is 16.2. The summed E-state index contributed by atoms with van der Waals surface area (Å²) >= 11 is 0. The zero-order valence-electron chi connectivity index (χ0n) is 16.3. The van der Waals surface area contributed by atoms with Crippen molar-refractivity contribution in [1.82, 2.24) is 4.90 Å². The average molecular weight is 380 g/mol. The van der Waals surface area contributed by atoms with Crippen LogP contribution in [0.2, 0.25) is 0 Å². The van der Waals surface area contributed by atoms with Crippen molar-refractivity contribution < 1.29 is 19.0 Å². The van der Waals surface area contributed by atoms with Crippen molar-refractivity contribution in [3.8, 4) is 11.5 Å². The Bertz CT molecular complexity index is 819. The van der Waals surface area contributed by atoms with Crippen molar-refractivity contribution in [3.05, 3.63) is 78.9 Å². The van der Waals surface area contributed by atoms with Gasteiger partial charge in [0.2, 0.25) is 0 Å². The Morgan fingerprint density at radius 1 is 1.07 bits per heavy atom. The van der Waals surface area contributed by atoms with Gasteiger partial charge in [-0.1, -0.05) is 36.4 Å². The van der Waals surface area contributed by atoms with Gasteiger partial charge >= 0.3 is 5.97 Å². The molecule has 1 heterocycles. The normalized spacial score (nSPS) is 16.9. The van der Waals surface area contributed by atoms with Crippen LogP contribution in [0.5, 0.6) is 11.5 Å². The Kier molecular flexibility index (Phi) is 6.71. The number of cyclic esters (lactones) is 1. The summed E-state index contributed by atoms with van der Waals surface area (Å²) in [4.78, 5) is 13.6. The molecule has 0 amide bonds. The molecule has 0 aromatic heterocycles. The number of esters is 1. The van der Waals surface area contributed by atoms with E-state index in [0.29, 0.717) is 18.0 Å². The number of hydrogen-bond donors (Lipinski definition) is 0. The Balaban J connectivity index is 1.72. The molecular weight excluding hydrogens is 354 g/mol. The molecule has 0 fully saturated rings. The van der Waals surface area contributed by atoms with Crippen LogP contribution in [0.25, 0.3) is 0 Å². The van der Waals surface area contributed by atoms with Gasteiger partial charge in [-0.15, -0.1) is 0 Å². The molecule has 2 aromatic rings. The fraction of sp³-hybridized carbons (Fsp3) is 0.304.